The molecule has 0 aliphatic rings. The van der Waals surface area contributed by atoms with Crippen LogP contribution in [0.5, 0.6) is 5.75 Å². The maximum Gasteiger partial charge on any atom is 0.176 e. The van der Waals surface area contributed by atoms with E-state index in [1.807, 2.05) is 33.0 Å². The van der Waals surface area contributed by atoms with E-state index < -0.39 is 5.60 Å². The molecular formula is C25H26Cl3N3O2. The largest absolute Gasteiger partial charge is 0.486 e. The summed E-state index contributed by atoms with van der Waals surface area (Å²) in [6, 6.07) is 5.38. The zero-order valence-electron chi connectivity index (χ0n) is 18.7. The Morgan fingerprint density at radius 1 is 1.33 bits per heavy atom. The van der Waals surface area contributed by atoms with E-state index in [1.54, 1.807) is 47.4 Å². The molecule has 1 N–H and O–H groups in total. The molecule has 0 radical (unpaired) electrons. The van der Waals surface area contributed by atoms with Crippen molar-refractivity contribution in [3.63, 3.8) is 0 Å². The molecule has 1 aromatic carbocycles. The minimum atomic E-state index is -1.55. The second-order valence-corrected chi connectivity index (χ2v) is 8.83. The minimum absolute atomic E-state index is 0.136. The lowest BCUT2D eigenvalue weighted by Crippen LogP contribution is -2.31. The molecule has 33 heavy (non-hydrogen) atoms. The van der Waals surface area contributed by atoms with Crippen molar-refractivity contribution in [1.82, 2.24) is 14.5 Å². The molecule has 0 bridgehead atoms. The highest BCUT2D eigenvalue weighted by Crippen LogP contribution is 2.42. The summed E-state index contributed by atoms with van der Waals surface area (Å²) < 4.78 is 7.58. The van der Waals surface area contributed by atoms with Gasteiger partial charge in [0, 0.05) is 18.3 Å². The highest BCUT2D eigenvalue weighted by atomic mass is 35.5. The van der Waals surface area contributed by atoms with E-state index in [4.69, 9.17) is 39.5 Å². The summed E-state index contributed by atoms with van der Waals surface area (Å²) >= 11 is 19.0. The van der Waals surface area contributed by atoms with Gasteiger partial charge in [0.1, 0.15) is 0 Å². The Labute approximate surface area is 209 Å². The van der Waals surface area contributed by atoms with Crippen molar-refractivity contribution in [2.24, 2.45) is 7.05 Å². The molecule has 0 saturated heterocycles. The fourth-order valence-corrected chi connectivity index (χ4v) is 4.28. The third-order valence-electron chi connectivity index (χ3n) is 5.11. The highest BCUT2D eigenvalue weighted by molar-refractivity contribution is 6.40. The summed E-state index contributed by atoms with van der Waals surface area (Å²) in [5.74, 6) is 0.612. The van der Waals surface area contributed by atoms with E-state index in [0.717, 1.165) is 0 Å². The van der Waals surface area contributed by atoms with Gasteiger partial charge in [0.25, 0.3) is 0 Å². The Morgan fingerprint density at radius 2 is 2.09 bits per heavy atom. The average Bonchev–Trinajstić information content (AvgIpc) is 3.22. The number of fused-ring (bicyclic) bond motifs is 1. The van der Waals surface area contributed by atoms with Crippen LogP contribution in [0.1, 0.15) is 31.5 Å². The van der Waals surface area contributed by atoms with Crippen molar-refractivity contribution < 1.29 is 9.84 Å². The number of aliphatic hydroxyl groups is 1. The molecule has 1 unspecified atom stereocenters. The third kappa shape index (κ3) is 5.12. The summed E-state index contributed by atoms with van der Waals surface area (Å²) in [4.78, 5) is 8.66. The van der Waals surface area contributed by atoms with E-state index in [9.17, 15) is 5.11 Å². The lowest BCUT2D eigenvalue weighted by molar-refractivity contribution is 0.116. The zero-order valence-corrected chi connectivity index (χ0v) is 21.0. The third-order valence-corrected chi connectivity index (χ3v) is 5.92. The maximum absolute atomic E-state index is 12.3. The van der Waals surface area contributed by atoms with Gasteiger partial charge in [-0.05, 0) is 43.5 Å². The molecule has 0 aliphatic heterocycles. The molecular weight excluding hydrogens is 481 g/mol. The van der Waals surface area contributed by atoms with E-state index >= 15 is 0 Å². The van der Waals surface area contributed by atoms with Crippen LogP contribution in [0.2, 0.25) is 10.2 Å². The van der Waals surface area contributed by atoms with Crippen LogP contribution in [0.4, 0.5) is 0 Å². The highest BCUT2D eigenvalue weighted by Gasteiger charge is 2.37. The molecule has 5 nitrogen and oxygen atoms in total. The fourth-order valence-electron chi connectivity index (χ4n) is 3.63. The van der Waals surface area contributed by atoms with Gasteiger partial charge in [-0.1, -0.05) is 53.6 Å². The predicted octanol–water partition coefficient (Wildman–Crippen LogP) is 6.60. The standard InChI is InChI=1S/C25H26Cl3N3O2/c1-5-6-8-17(9-7-12-26)25(32,21-14-29-15-31(21)4)18-10-11-20-19(13-18)22(27)23(24(28)30-20)33-16(2)3/h5,7-11,13-16,32H,1,6,12H2,2-4H3/b9-7-,17-8+. The molecule has 0 amide bonds. The van der Waals surface area contributed by atoms with Crippen LogP contribution in [0.15, 0.2) is 67.2 Å². The first-order chi connectivity index (χ1) is 15.7. The number of allylic oxidation sites excluding steroid dienone is 3. The van der Waals surface area contributed by atoms with E-state index in [-0.39, 0.29) is 11.3 Å². The SMILES string of the molecule is C=CC/C=C(\C=C/CCl)C(O)(c1ccc2nc(Cl)c(OC(C)C)c(Cl)c2c1)c1cncn1C. The zero-order chi connectivity index (χ0) is 24.2. The summed E-state index contributed by atoms with van der Waals surface area (Å²) in [5.41, 5.74) is 0.822. The topological polar surface area (TPSA) is 60.2 Å². The molecule has 1 atom stereocenters. The van der Waals surface area contributed by atoms with Gasteiger partial charge >= 0.3 is 0 Å². The first-order valence-electron chi connectivity index (χ1n) is 10.4. The smallest absolute Gasteiger partial charge is 0.176 e. The van der Waals surface area contributed by atoms with E-state index in [2.05, 4.69) is 16.5 Å². The van der Waals surface area contributed by atoms with Crippen LogP contribution in [-0.2, 0) is 12.6 Å². The van der Waals surface area contributed by atoms with Crippen LogP contribution in [0, 0.1) is 0 Å². The number of benzene rings is 1. The number of pyridine rings is 1. The quantitative estimate of drug-likeness (QED) is 0.154. The van der Waals surface area contributed by atoms with Gasteiger partial charge < -0.3 is 14.4 Å². The molecule has 0 fully saturated rings. The molecule has 0 spiro atoms. The van der Waals surface area contributed by atoms with E-state index in [1.165, 1.54) is 0 Å². The molecule has 0 aliphatic carbocycles. The van der Waals surface area contributed by atoms with Gasteiger partial charge in [0.2, 0.25) is 0 Å². The Bertz CT molecular complexity index is 1220. The molecule has 3 aromatic rings. The lowest BCUT2D eigenvalue weighted by atomic mass is 9.81. The number of aromatic nitrogens is 3. The molecule has 0 saturated carbocycles. The average molecular weight is 507 g/mol. The van der Waals surface area contributed by atoms with Crippen molar-refractivity contribution in [3.8, 4) is 5.75 Å². The summed E-state index contributed by atoms with van der Waals surface area (Å²) in [7, 11) is 1.83. The normalized spacial score (nSPS) is 14.2. The monoisotopic (exact) mass is 505 g/mol. The number of rotatable bonds is 9. The first-order valence-corrected chi connectivity index (χ1v) is 11.7. The van der Waals surface area contributed by atoms with Crippen LogP contribution < -0.4 is 4.74 Å². The Balaban J connectivity index is 2.32. The number of imidazole rings is 1. The summed E-state index contributed by atoms with van der Waals surface area (Å²) in [6.45, 7) is 7.56. The van der Waals surface area contributed by atoms with Gasteiger partial charge in [0.05, 0.1) is 34.9 Å². The lowest BCUT2D eigenvalue weighted by Gasteiger charge is -2.31. The van der Waals surface area contributed by atoms with Gasteiger partial charge in [-0.3, -0.25) is 0 Å². The molecule has 8 heteroatoms. The number of hydrogen-bond acceptors (Lipinski definition) is 4. The van der Waals surface area contributed by atoms with Crippen molar-refractivity contribution in [1.29, 1.82) is 0 Å². The molecule has 174 valence electrons. The van der Waals surface area contributed by atoms with Gasteiger partial charge in [0.15, 0.2) is 16.5 Å². The van der Waals surface area contributed by atoms with Crippen LogP contribution in [0.3, 0.4) is 0 Å². The van der Waals surface area contributed by atoms with E-state index in [0.29, 0.717) is 50.8 Å². The van der Waals surface area contributed by atoms with Crippen LogP contribution in [0.25, 0.3) is 10.9 Å². The van der Waals surface area contributed by atoms with Crippen molar-refractivity contribution in [2.75, 3.05) is 5.88 Å². The Kier molecular flexibility index (Phi) is 8.24. The second kappa shape index (κ2) is 10.7. The van der Waals surface area contributed by atoms with Crippen molar-refractivity contribution >= 4 is 45.7 Å². The fraction of sp³-hybridized carbons (Fsp3) is 0.280. The van der Waals surface area contributed by atoms with Crippen molar-refractivity contribution in [2.45, 2.75) is 32.0 Å². The number of ether oxygens (including phenoxy) is 1. The van der Waals surface area contributed by atoms with Gasteiger partial charge in [-0.15, -0.1) is 18.2 Å². The molecule has 3 rings (SSSR count). The predicted molar refractivity (Wildman–Crippen MR) is 136 cm³/mol. The minimum Gasteiger partial charge on any atom is -0.486 e. The summed E-state index contributed by atoms with van der Waals surface area (Å²) in [5, 5.41) is 13.4. The van der Waals surface area contributed by atoms with Gasteiger partial charge in [-0.2, -0.15) is 0 Å². The number of halogens is 3. The maximum atomic E-state index is 12.3. The molecule has 2 heterocycles. The number of hydrogen-bond donors (Lipinski definition) is 1. The summed E-state index contributed by atoms with van der Waals surface area (Å²) in [6.07, 6.45) is 10.9. The van der Waals surface area contributed by atoms with Gasteiger partial charge in [-0.25, -0.2) is 9.97 Å². The number of nitrogens with zero attached hydrogens (tertiary/aromatic N) is 3. The first kappa shape index (κ1) is 25.3. The molecule has 2 aromatic heterocycles. The van der Waals surface area contributed by atoms with Crippen LogP contribution >= 0.6 is 34.8 Å². The Hall–Kier alpha value is -2.31. The second-order valence-electron chi connectivity index (χ2n) is 7.78. The van der Waals surface area contributed by atoms with Crippen molar-refractivity contribution in [3.05, 3.63) is 88.6 Å². The van der Waals surface area contributed by atoms with Crippen LogP contribution in [-0.4, -0.2) is 31.6 Å². The number of alkyl halides is 1. The number of aryl methyl sites for hydroxylation is 1. The Morgan fingerprint density at radius 3 is 2.70 bits per heavy atom.